The zero-order valence-corrected chi connectivity index (χ0v) is 10.0. The van der Waals surface area contributed by atoms with Gasteiger partial charge in [-0.3, -0.25) is 10.1 Å². The van der Waals surface area contributed by atoms with E-state index in [9.17, 15) is 20.0 Å². The van der Waals surface area contributed by atoms with E-state index in [0.29, 0.717) is 0 Å². The molecule has 2 N–H and O–H groups in total. The zero-order chi connectivity index (χ0) is 10.7. The molecule has 0 saturated carbocycles. The number of benzene rings is 1. The average Bonchev–Trinajstić information content (AvgIpc) is 2.16. The van der Waals surface area contributed by atoms with E-state index >= 15 is 0 Å². The van der Waals surface area contributed by atoms with Crippen molar-refractivity contribution in [3.8, 4) is 0 Å². The monoisotopic (exact) mass is 218 g/mol. The Kier molecular flexibility index (Phi) is 5.45. The molecule has 6 nitrogen and oxygen atoms in total. The van der Waals surface area contributed by atoms with Gasteiger partial charge in [-0.25, -0.2) is 0 Å². The van der Waals surface area contributed by atoms with Gasteiger partial charge in [0.1, 0.15) is 0 Å². The van der Waals surface area contributed by atoms with E-state index in [1.54, 1.807) is 0 Å². The van der Waals surface area contributed by atoms with Crippen molar-refractivity contribution < 1.29 is 44.4 Å². The van der Waals surface area contributed by atoms with Crippen molar-refractivity contribution in [2.75, 3.05) is 0 Å². The molecule has 0 bridgehead atoms. The van der Waals surface area contributed by atoms with Crippen LogP contribution in [-0.4, -0.2) is 10.9 Å². The Morgan fingerprint density at radius 2 is 1.80 bits per heavy atom. The third kappa shape index (κ3) is 3.60. The van der Waals surface area contributed by atoms with E-state index in [-0.39, 0.29) is 40.8 Å². The maximum atomic E-state index is 10.3. The maximum Gasteiger partial charge on any atom is 1.00 e. The molecule has 0 spiro atoms. The van der Waals surface area contributed by atoms with Crippen LogP contribution in [0.25, 0.3) is 0 Å². The quantitative estimate of drug-likeness (QED) is 0.319. The molecule has 1 atom stereocenters. The smallest absolute Gasteiger partial charge is 0.548 e. The van der Waals surface area contributed by atoms with Crippen molar-refractivity contribution in [2.45, 2.75) is 6.04 Å². The molecule has 0 radical (unpaired) electrons. The van der Waals surface area contributed by atoms with Crippen molar-refractivity contribution in [3.05, 3.63) is 39.9 Å². The summed E-state index contributed by atoms with van der Waals surface area (Å²) in [5.74, 6) is -1.42. The number of carboxylic acids is 1. The minimum atomic E-state index is -1.42. The summed E-state index contributed by atoms with van der Waals surface area (Å²) >= 11 is 0. The van der Waals surface area contributed by atoms with Gasteiger partial charge in [0, 0.05) is 12.1 Å². The Labute approximate surface area is 108 Å². The fourth-order valence-electron chi connectivity index (χ4n) is 0.939. The van der Waals surface area contributed by atoms with Crippen LogP contribution >= 0.6 is 0 Å². The number of rotatable bonds is 3. The number of non-ortho nitro benzene ring substituents is 1. The van der Waals surface area contributed by atoms with E-state index in [2.05, 4.69) is 0 Å². The third-order valence-electron chi connectivity index (χ3n) is 1.72. The molecule has 74 valence electrons. The second-order valence-electron chi connectivity index (χ2n) is 2.65. The number of hydrogen-bond donors (Lipinski definition) is 1. The van der Waals surface area contributed by atoms with E-state index in [0.717, 1.165) is 0 Å². The van der Waals surface area contributed by atoms with Crippen LogP contribution in [0.2, 0.25) is 0 Å². The second kappa shape index (κ2) is 5.82. The van der Waals surface area contributed by atoms with Gasteiger partial charge in [0.2, 0.25) is 0 Å². The average molecular weight is 218 g/mol. The zero-order valence-electron chi connectivity index (χ0n) is 8.04. The Morgan fingerprint density at radius 3 is 2.13 bits per heavy atom. The molecule has 0 aromatic heterocycles. The first-order chi connectivity index (χ1) is 6.52. The first kappa shape index (κ1) is 14.1. The fourth-order valence-corrected chi connectivity index (χ4v) is 0.939. The van der Waals surface area contributed by atoms with Gasteiger partial charge >= 0.3 is 29.6 Å². The molecule has 0 aliphatic rings. The van der Waals surface area contributed by atoms with E-state index in [4.69, 9.17) is 5.73 Å². The van der Waals surface area contributed by atoms with E-state index < -0.39 is 16.9 Å². The second-order valence-corrected chi connectivity index (χ2v) is 2.65. The summed E-state index contributed by atoms with van der Waals surface area (Å²) in [4.78, 5) is 20.0. The molecule has 7 heteroatoms. The SMILES string of the molecule is NC(C(=O)[O-])c1ccc([N+](=O)[O-])cc1.[Na+]. The van der Waals surface area contributed by atoms with Crippen molar-refractivity contribution in [3.63, 3.8) is 0 Å². The molecular formula is C8H7N2NaO4. The molecular weight excluding hydrogens is 211 g/mol. The Hall–Kier alpha value is -0.950. The predicted molar refractivity (Wildman–Crippen MR) is 45.0 cm³/mol. The molecule has 1 unspecified atom stereocenters. The minimum absolute atomic E-state index is 0. The molecule has 0 saturated heterocycles. The van der Waals surface area contributed by atoms with Crippen LogP contribution < -0.4 is 40.4 Å². The van der Waals surface area contributed by atoms with Gasteiger partial charge in [-0.1, -0.05) is 12.1 Å². The first-order valence-electron chi connectivity index (χ1n) is 3.73. The summed E-state index contributed by atoms with van der Waals surface area (Å²) in [6.45, 7) is 0. The molecule has 0 aliphatic carbocycles. The largest absolute Gasteiger partial charge is 1.00 e. The molecule has 15 heavy (non-hydrogen) atoms. The number of nitrogens with two attached hydrogens (primary N) is 1. The molecule has 1 aromatic carbocycles. The summed E-state index contributed by atoms with van der Waals surface area (Å²) in [6.07, 6.45) is 0. The van der Waals surface area contributed by atoms with Crippen LogP contribution in [0.1, 0.15) is 11.6 Å². The number of nitro benzene ring substituents is 1. The van der Waals surface area contributed by atoms with Gasteiger partial charge in [0.25, 0.3) is 5.69 Å². The minimum Gasteiger partial charge on any atom is -0.548 e. The summed E-state index contributed by atoms with van der Waals surface area (Å²) in [5.41, 5.74) is 5.39. The van der Waals surface area contributed by atoms with E-state index in [1.165, 1.54) is 24.3 Å². The first-order valence-corrected chi connectivity index (χ1v) is 3.73. The Balaban J connectivity index is 0.00000196. The van der Waals surface area contributed by atoms with E-state index in [1.807, 2.05) is 0 Å². The van der Waals surface area contributed by atoms with Gasteiger partial charge in [-0.05, 0) is 5.56 Å². The standard InChI is InChI=1S/C8H8N2O4.Na/c9-7(8(11)12)5-1-3-6(4-2-5)10(13)14;/h1-4,7H,9H2,(H,11,12);/q;+1/p-1. The van der Waals surface area contributed by atoms with Crippen LogP contribution in [0.4, 0.5) is 5.69 Å². The number of nitrogens with zero attached hydrogens (tertiary/aromatic N) is 1. The summed E-state index contributed by atoms with van der Waals surface area (Å²) in [7, 11) is 0. The number of carbonyl (C=O) groups is 1. The summed E-state index contributed by atoms with van der Waals surface area (Å²) in [6, 6.07) is 3.71. The van der Waals surface area contributed by atoms with Gasteiger partial charge in [0.05, 0.1) is 16.9 Å². The van der Waals surface area contributed by atoms with Crippen molar-refractivity contribution in [1.82, 2.24) is 0 Å². The number of nitro groups is 1. The topological polar surface area (TPSA) is 109 Å². The van der Waals surface area contributed by atoms with Crippen LogP contribution in [0, 0.1) is 10.1 Å². The normalized spacial score (nSPS) is 11.3. The van der Waals surface area contributed by atoms with Crippen LogP contribution in [0.5, 0.6) is 0 Å². The number of hydrogen-bond acceptors (Lipinski definition) is 5. The van der Waals surface area contributed by atoms with Crippen LogP contribution in [0.15, 0.2) is 24.3 Å². The molecule has 0 fully saturated rings. The fraction of sp³-hybridized carbons (Fsp3) is 0.125. The van der Waals surface area contributed by atoms with Crippen LogP contribution in [-0.2, 0) is 4.79 Å². The number of aliphatic carboxylic acids is 1. The maximum absolute atomic E-state index is 10.3. The van der Waals surface area contributed by atoms with Gasteiger partial charge < -0.3 is 15.6 Å². The van der Waals surface area contributed by atoms with Crippen molar-refractivity contribution in [1.29, 1.82) is 0 Å². The number of carbonyl (C=O) groups excluding carboxylic acids is 1. The third-order valence-corrected chi connectivity index (χ3v) is 1.72. The molecule has 1 rings (SSSR count). The Morgan fingerprint density at radius 1 is 1.33 bits per heavy atom. The molecule has 0 heterocycles. The number of carboxylic acid groups (broad SMARTS) is 1. The van der Waals surface area contributed by atoms with Gasteiger partial charge in [0.15, 0.2) is 0 Å². The van der Waals surface area contributed by atoms with Crippen molar-refractivity contribution >= 4 is 11.7 Å². The molecule has 1 aromatic rings. The van der Waals surface area contributed by atoms with Gasteiger partial charge in [-0.2, -0.15) is 0 Å². The molecule has 0 amide bonds. The summed E-state index contributed by atoms with van der Waals surface area (Å²) in [5, 5.41) is 20.6. The van der Waals surface area contributed by atoms with Gasteiger partial charge in [-0.15, -0.1) is 0 Å². The molecule has 0 aliphatic heterocycles. The summed E-state index contributed by atoms with van der Waals surface area (Å²) < 4.78 is 0. The Bertz CT molecular complexity index is 365. The predicted octanol–water partition coefficient (Wildman–Crippen LogP) is -3.65. The van der Waals surface area contributed by atoms with Crippen LogP contribution in [0.3, 0.4) is 0 Å². The van der Waals surface area contributed by atoms with Crippen molar-refractivity contribution in [2.24, 2.45) is 5.73 Å².